The molecule has 0 aliphatic rings. The third-order valence-corrected chi connectivity index (χ3v) is 2.02. The van der Waals surface area contributed by atoms with Gasteiger partial charge in [0.2, 0.25) is 0 Å². The highest BCUT2D eigenvalue weighted by Gasteiger charge is 2.00. The van der Waals surface area contributed by atoms with Gasteiger partial charge in [0.25, 0.3) is 0 Å². The van der Waals surface area contributed by atoms with Crippen molar-refractivity contribution < 1.29 is 5.11 Å². The minimum absolute atomic E-state index is 0.0255. The second-order valence-corrected chi connectivity index (χ2v) is 3.50. The molecule has 0 aromatic carbocycles. The maximum absolute atomic E-state index is 8.70. The molecule has 0 amide bonds. The number of hydrogen-bond acceptors (Lipinski definition) is 4. The van der Waals surface area contributed by atoms with Crippen LogP contribution in [0.2, 0.25) is 0 Å². The molecule has 1 heterocycles. The van der Waals surface area contributed by atoms with Crippen LogP contribution in [0.5, 0.6) is 0 Å². The van der Waals surface area contributed by atoms with E-state index in [2.05, 4.69) is 16.5 Å². The normalized spacial score (nSPS) is 12.3. The van der Waals surface area contributed by atoms with Crippen molar-refractivity contribution in [2.75, 3.05) is 13.2 Å². The number of aromatic nitrogens is 2. The summed E-state index contributed by atoms with van der Waals surface area (Å²) in [6.45, 7) is 3.88. The lowest BCUT2D eigenvalue weighted by atomic mass is 10.2. The van der Waals surface area contributed by atoms with Crippen molar-refractivity contribution in [3.8, 4) is 6.07 Å². The van der Waals surface area contributed by atoms with Gasteiger partial charge in [-0.1, -0.05) is 0 Å². The summed E-state index contributed by atoms with van der Waals surface area (Å²) < 4.78 is 1.70. The average molecular weight is 208 g/mol. The highest BCUT2D eigenvalue weighted by atomic mass is 16.3. The summed E-state index contributed by atoms with van der Waals surface area (Å²) >= 11 is 0. The fraction of sp³-hybridized carbons (Fsp3) is 0.600. The number of aliphatic hydroxyl groups excluding tert-OH is 1. The zero-order valence-corrected chi connectivity index (χ0v) is 8.85. The van der Waals surface area contributed by atoms with Crippen LogP contribution in [0.1, 0.15) is 12.5 Å². The zero-order chi connectivity index (χ0) is 11.1. The van der Waals surface area contributed by atoms with E-state index in [0.717, 1.165) is 5.56 Å². The van der Waals surface area contributed by atoms with E-state index in [-0.39, 0.29) is 12.5 Å². The van der Waals surface area contributed by atoms with E-state index in [1.807, 2.05) is 13.1 Å². The summed E-state index contributed by atoms with van der Waals surface area (Å²) in [5.41, 5.74) is 1.06. The molecular formula is C10H16N4O. The molecule has 2 N–H and O–H groups in total. The largest absolute Gasteiger partial charge is 0.394 e. The van der Waals surface area contributed by atoms with Crippen LogP contribution in [-0.4, -0.2) is 28.0 Å². The summed E-state index contributed by atoms with van der Waals surface area (Å²) in [4.78, 5) is 0. The smallest absolute Gasteiger partial charge is 0.0666 e. The van der Waals surface area contributed by atoms with Crippen LogP contribution in [0.25, 0.3) is 0 Å². The van der Waals surface area contributed by atoms with Crippen molar-refractivity contribution in [1.82, 2.24) is 15.1 Å². The molecule has 5 nitrogen and oxygen atoms in total. The lowest BCUT2D eigenvalue weighted by Crippen LogP contribution is -2.19. The number of aliphatic hydroxyl groups is 1. The lowest BCUT2D eigenvalue weighted by molar-refractivity contribution is 0.269. The maximum atomic E-state index is 8.70. The molecule has 0 spiro atoms. The summed E-state index contributed by atoms with van der Waals surface area (Å²) in [7, 11) is 0. The molecule has 0 fully saturated rings. The Morgan fingerprint density at radius 2 is 2.53 bits per heavy atom. The first-order chi connectivity index (χ1) is 7.26. The van der Waals surface area contributed by atoms with Gasteiger partial charge in [-0.2, -0.15) is 10.4 Å². The number of hydrogen-bond donors (Lipinski definition) is 2. The first-order valence-corrected chi connectivity index (χ1v) is 4.98. The molecule has 0 aliphatic heterocycles. The highest BCUT2D eigenvalue weighted by Crippen LogP contribution is 1.97. The summed E-state index contributed by atoms with van der Waals surface area (Å²) in [5.74, 6) is 0.0255. The van der Waals surface area contributed by atoms with Crippen molar-refractivity contribution in [3.05, 3.63) is 18.0 Å². The molecule has 1 aromatic rings. The predicted octanol–water partition coefficient (Wildman–Crippen LogP) is 0.125. The molecule has 15 heavy (non-hydrogen) atoms. The van der Waals surface area contributed by atoms with Crippen molar-refractivity contribution in [2.45, 2.75) is 20.0 Å². The Morgan fingerprint density at radius 1 is 1.73 bits per heavy atom. The average Bonchev–Trinajstić information content (AvgIpc) is 2.66. The van der Waals surface area contributed by atoms with Crippen molar-refractivity contribution in [1.29, 1.82) is 5.26 Å². The van der Waals surface area contributed by atoms with E-state index in [4.69, 9.17) is 10.4 Å². The molecule has 0 saturated heterocycles. The molecule has 0 radical (unpaired) electrons. The minimum atomic E-state index is 0.0255. The molecule has 0 bridgehead atoms. The SMILES string of the molecule is CC(C#N)CNCc1cnn(CCO)c1. The van der Waals surface area contributed by atoms with Crippen LogP contribution >= 0.6 is 0 Å². The van der Waals surface area contributed by atoms with Gasteiger partial charge in [-0.05, 0) is 6.92 Å². The highest BCUT2D eigenvalue weighted by molar-refractivity contribution is 5.03. The quantitative estimate of drug-likeness (QED) is 0.696. The predicted molar refractivity (Wildman–Crippen MR) is 55.8 cm³/mol. The summed E-state index contributed by atoms with van der Waals surface area (Å²) in [6, 6.07) is 2.16. The van der Waals surface area contributed by atoms with E-state index < -0.39 is 0 Å². The van der Waals surface area contributed by atoms with E-state index in [9.17, 15) is 0 Å². The Labute approximate surface area is 89.3 Å². The second-order valence-electron chi connectivity index (χ2n) is 3.50. The van der Waals surface area contributed by atoms with Gasteiger partial charge >= 0.3 is 0 Å². The molecule has 1 unspecified atom stereocenters. The zero-order valence-electron chi connectivity index (χ0n) is 8.85. The topological polar surface area (TPSA) is 73.9 Å². The summed E-state index contributed by atoms with van der Waals surface area (Å²) in [5, 5.41) is 24.5. The number of nitriles is 1. The van der Waals surface area contributed by atoms with Gasteiger partial charge < -0.3 is 10.4 Å². The van der Waals surface area contributed by atoms with Crippen LogP contribution < -0.4 is 5.32 Å². The van der Waals surface area contributed by atoms with E-state index in [1.165, 1.54) is 0 Å². The minimum Gasteiger partial charge on any atom is -0.394 e. The standard InChI is InChI=1S/C10H16N4O/c1-9(4-11)5-12-6-10-7-13-14(8-10)2-3-15/h7-9,12,15H,2-3,5-6H2,1H3. The number of nitrogens with one attached hydrogen (secondary N) is 1. The fourth-order valence-electron chi connectivity index (χ4n) is 1.20. The molecule has 0 saturated carbocycles. The maximum Gasteiger partial charge on any atom is 0.0666 e. The number of rotatable bonds is 6. The Morgan fingerprint density at radius 3 is 3.20 bits per heavy atom. The molecule has 82 valence electrons. The van der Waals surface area contributed by atoms with Crippen LogP contribution in [0.4, 0.5) is 0 Å². The Hall–Kier alpha value is -1.38. The molecule has 1 aromatic heterocycles. The van der Waals surface area contributed by atoms with Gasteiger partial charge in [-0.3, -0.25) is 4.68 Å². The molecule has 1 atom stereocenters. The molecule has 0 aliphatic carbocycles. The molecular weight excluding hydrogens is 192 g/mol. The van der Waals surface area contributed by atoms with Gasteiger partial charge in [0.1, 0.15) is 0 Å². The van der Waals surface area contributed by atoms with Gasteiger partial charge in [-0.15, -0.1) is 0 Å². The first-order valence-electron chi connectivity index (χ1n) is 4.98. The Bertz CT molecular complexity index is 328. The van der Waals surface area contributed by atoms with E-state index >= 15 is 0 Å². The van der Waals surface area contributed by atoms with Crippen LogP contribution in [-0.2, 0) is 13.1 Å². The van der Waals surface area contributed by atoms with Gasteiger partial charge in [0.05, 0.1) is 31.3 Å². The third-order valence-electron chi connectivity index (χ3n) is 2.02. The molecule has 1 rings (SSSR count). The Balaban J connectivity index is 2.29. The lowest BCUT2D eigenvalue weighted by Gasteiger charge is -2.03. The van der Waals surface area contributed by atoms with Crippen LogP contribution in [0.3, 0.4) is 0 Å². The van der Waals surface area contributed by atoms with Crippen LogP contribution in [0.15, 0.2) is 12.4 Å². The van der Waals surface area contributed by atoms with E-state index in [0.29, 0.717) is 19.6 Å². The van der Waals surface area contributed by atoms with Crippen LogP contribution in [0, 0.1) is 17.2 Å². The monoisotopic (exact) mass is 208 g/mol. The van der Waals surface area contributed by atoms with Gasteiger partial charge in [0.15, 0.2) is 0 Å². The second kappa shape index (κ2) is 6.17. The molecule has 5 heteroatoms. The Kier molecular flexibility index (Phi) is 4.81. The third kappa shape index (κ3) is 4.11. The number of nitrogens with zero attached hydrogens (tertiary/aromatic N) is 3. The van der Waals surface area contributed by atoms with Crippen molar-refractivity contribution in [3.63, 3.8) is 0 Å². The summed E-state index contributed by atoms with van der Waals surface area (Å²) in [6.07, 6.45) is 3.65. The van der Waals surface area contributed by atoms with Gasteiger partial charge in [0, 0.05) is 24.8 Å². The fourth-order valence-corrected chi connectivity index (χ4v) is 1.20. The van der Waals surface area contributed by atoms with Gasteiger partial charge in [-0.25, -0.2) is 0 Å². The van der Waals surface area contributed by atoms with Crippen molar-refractivity contribution in [2.24, 2.45) is 5.92 Å². The van der Waals surface area contributed by atoms with E-state index in [1.54, 1.807) is 10.9 Å². The first kappa shape index (κ1) is 11.7. The van der Waals surface area contributed by atoms with Crippen molar-refractivity contribution >= 4 is 0 Å².